The second-order valence-electron chi connectivity index (χ2n) is 3.79. The van der Waals surface area contributed by atoms with Crippen molar-refractivity contribution in [3.05, 3.63) is 0 Å². The van der Waals surface area contributed by atoms with Crippen LogP contribution < -0.4 is 0 Å². The van der Waals surface area contributed by atoms with Gasteiger partial charge in [-0.3, -0.25) is 0 Å². The summed E-state index contributed by atoms with van der Waals surface area (Å²) in [5, 5.41) is 10.1. The van der Waals surface area contributed by atoms with Crippen LogP contribution in [0.3, 0.4) is 0 Å². The number of rotatable bonds is 11. The minimum absolute atomic E-state index is 0.0974. The molecule has 0 saturated heterocycles. The van der Waals surface area contributed by atoms with Gasteiger partial charge in [0.2, 0.25) is 0 Å². The van der Waals surface area contributed by atoms with Crippen molar-refractivity contribution in [2.45, 2.75) is 58.3 Å². The van der Waals surface area contributed by atoms with Crippen LogP contribution in [0, 0.1) is 0 Å². The van der Waals surface area contributed by atoms with E-state index in [1.807, 2.05) is 0 Å². The van der Waals surface area contributed by atoms with Gasteiger partial charge in [-0.25, -0.2) is 5.11 Å². The van der Waals surface area contributed by atoms with E-state index in [0.717, 1.165) is 26.1 Å². The standard InChI is InChI=1S/C12H25O2/c1-2-3-11-14-12-9-7-5-4-6-8-10-13/h2-12H2,1H3. The van der Waals surface area contributed by atoms with Crippen molar-refractivity contribution in [1.82, 2.24) is 0 Å². The molecular formula is C12H25O2. The summed E-state index contributed by atoms with van der Waals surface area (Å²) >= 11 is 0. The molecule has 0 heterocycles. The zero-order chi connectivity index (χ0) is 10.5. The second-order valence-corrected chi connectivity index (χ2v) is 3.79. The summed E-state index contributed by atoms with van der Waals surface area (Å²) in [7, 11) is 0. The predicted molar refractivity (Wildman–Crippen MR) is 59.0 cm³/mol. The maximum Gasteiger partial charge on any atom is 0.0822 e. The van der Waals surface area contributed by atoms with E-state index in [1.54, 1.807) is 0 Å². The van der Waals surface area contributed by atoms with Crippen LogP contribution in [0.5, 0.6) is 0 Å². The molecule has 14 heavy (non-hydrogen) atoms. The Morgan fingerprint density at radius 3 is 2.00 bits per heavy atom. The van der Waals surface area contributed by atoms with Crippen LogP contribution in [-0.4, -0.2) is 19.8 Å². The van der Waals surface area contributed by atoms with Crippen LogP contribution in [0.1, 0.15) is 58.3 Å². The molecule has 0 fully saturated rings. The molecule has 0 aliphatic carbocycles. The van der Waals surface area contributed by atoms with Crippen LogP contribution in [0.2, 0.25) is 0 Å². The largest absolute Gasteiger partial charge is 0.381 e. The van der Waals surface area contributed by atoms with Crippen molar-refractivity contribution >= 4 is 0 Å². The predicted octanol–water partition coefficient (Wildman–Crippen LogP) is 3.57. The number of ether oxygens (including phenoxy) is 1. The molecule has 0 N–H and O–H groups in total. The molecule has 0 amide bonds. The summed E-state index contributed by atoms with van der Waals surface area (Å²) in [5.41, 5.74) is 0. The summed E-state index contributed by atoms with van der Waals surface area (Å²) < 4.78 is 5.45. The Balaban J connectivity index is 2.78. The fourth-order valence-electron chi connectivity index (χ4n) is 1.36. The monoisotopic (exact) mass is 201 g/mol. The van der Waals surface area contributed by atoms with Gasteiger partial charge in [0.1, 0.15) is 0 Å². The highest BCUT2D eigenvalue weighted by atomic mass is 16.5. The Hall–Kier alpha value is -0.0800. The normalized spacial score (nSPS) is 10.7. The van der Waals surface area contributed by atoms with Gasteiger partial charge in [0.15, 0.2) is 0 Å². The van der Waals surface area contributed by atoms with Crippen molar-refractivity contribution in [2.75, 3.05) is 19.8 Å². The highest BCUT2D eigenvalue weighted by molar-refractivity contribution is 4.44. The summed E-state index contributed by atoms with van der Waals surface area (Å²) in [4.78, 5) is 0. The van der Waals surface area contributed by atoms with E-state index in [-0.39, 0.29) is 6.61 Å². The first-order valence-electron chi connectivity index (χ1n) is 6.07. The molecule has 0 spiro atoms. The van der Waals surface area contributed by atoms with Gasteiger partial charge in [-0.1, -0.05) is 39.0 Å². The molecule has 0 rings (SSSR count). The van der Waals surface area contributed by atoms with E-state index in [2.05, 4.69) is 6.92 Å². The Labute approximate surface area is 88.7 Å². The lowest BCUT2D eigenvalue weighted by Crippen LogP contribution is -1.96. The molecule has 0 aromatic heterocycles. The number of hydrogen-bond donors (Lipinski definition) is 0. The molecule has 0 unspecified atom stereocenters. The lowest BCUT2D eigenvalue weighted by Gasteiger charge is -2.02. The molecule has 2 nitrogen and oxygen atoms in total. The Bertz CT molecular complexity index is 82.3. The van der Waals surface area contributed by atoms with Crippen molar-refractivity contribution in [3.8, 4) is 0 Å². The average molecular weight is 201 g/mol. The SMILES string of the molecule is CCCCOCCCCCCCC[O]. The molecule has 85 valence electrons. The minimum atomic E-state index is 0.0974. The first kappa shape index (κ1) is 13.9. The van der Waals surface area contributed by atoms with Crippen LogP contribution in [0.4, 0.5) is 0 Å². The van der Waals surface area contributed by atoms with Gasteiger partial charge < -0.3 is 4.74 Å². The second kappa shape index (κ2) is 12.9. The zero-order valence-corrected chi connectivity index (χ0v) is 9.59. The van der Waals surface area contributed by atoms with E-state index in [1.165, 1.54) is 38.5 Å². The van der Waals surface area contributed by atoms with Gasteiger partial charge in [0.05, 0.1) is 6.61 Å². The third kappa shape index (κ3) is 11.9. The topological polar surface area (TPSA) is 29.1 Å². The Morgan fingerprint density at radius 1 is 0.786 bits per heavy atom. The summed E-state index contributed by atoms with van der Waals surface area (Å²) in [5.74, 6) is 0. The van der Waals surface area contributed by atoms with Crippen LogP contribution >= 0.6 is 0 Å². The van der Waals surface area contributed by atoms with E-state index < -0.39 is 0 Å². The van der Waals surface area contributed by atoms with Gasteiger partial charge in [-0.05, 0) is 19.3 Å². The van der Waals surface area contributed by atoms with E-state index in [0.29, 0.717) is 0 Å². The summed E-state index contributed by atoms with van der Waals surface area (Å²) in [6.07, 6.45) is 9.28. The molecule has 0 aliphatic rings. The van der Waals surface area contributed by atoms with Gasteiger partial charge in [0.25, 0.3) is 0 Å². The Kier molecular flexibility index (Phi) is 12.8. The Morgan fingerprint density at radius 2 is 1.36 bits per heavy atom. The van der Waals surface area contributed by atoms with Crippen molar-refractivity contribution in [3.63, 3.8) is 0 Å². The van der Waals surface area contributed by atoms with Crippen molar-refractivity contribution in [2.24, 2.45) is 0 Å². The molecular weight excluding hydrogens is 176 g/mol. The molecule has 0 bridgehead atoms. The van der Waals surface area contributed by atoms with E-state index >= 15 is 0 Å². The lowest BCUT2D eigenvalue weighted by molar-refractivity contribution is 0.127. The molecule has 0 aliphatic heterocycles. The van der Waals surface area contributed by atoms with Gasteiger partial charge >= 0.3 is 0 Å². The first-order valence-corrected chi connectivity index (χ1v) is 6.07. The molecule has 2 heteroatoms. The summed E-state index contributed by atoms with van der Waals surface area (Å²) in [6, 6.07) is 0. The highest BCUT2D eigenvalue weighted by Crippen LogP contribution is 2.05. The van der Waals surface area contributed by atoms with Gasteiger partial charge in [-0.2, -0.15) is 0 Å². The highest BCUT2D eigenvalue weighted by Gasteiger charge is 1.91. The summed E-state index contributed by atoms with van der Waals surface area (Å²) in [6.45, 7) is 4.12. The molecule has 0 atom stereocenters. The lowest BCUT2D eigenvalue weighted by atomic mass is 10.1. The maximum absolute atomic E-state index is 10.1. The maximum atomic E-state index is 10.1. The molecule has 1 radical (unpaired) electrons. The fraction of sp³-hybridized carbons (Fsp3) is 1.00. The number of hydrogen-bond acceptors (Lipinski definition) is 1. The fourth-order valence-corrected chi connectivity index (χ4v) is 1.36. The van der Waals surface area contributed by atoms with Crippen molar-refractivity contribution < 1.29 is 9.84 Å². The van der Waals surface area contributed by atoms with Crippen LogP contribution in [0.15, 0.2) is 0 Å². The first-order chi connectivity index (χ1) is 6.91. The average Bonchev–Trinajstić information content (AvgIpc) is 2.21. The van der Waals surface area contributed by atoms with Gasteiger partial charge in [0, 0.05) is 13.2 Å². The molecule has 0 aromatic carbocycles. The smallest absolute Gasteiger partial charge is 0.0822 e. The van der Waals surface area contributed by atoms with Crippen molar-refractivity contribution in [1.29, 1.82) is 0 Å². The third-order valence-corrected chi connectivity index (χ3v) is 2.33. The number of unbranched alkanes of at least 4 members (excludes halogenated alkanes) is 6. The third-order valence-electron chi connectivity index (χ3n) is 2.33. The van der Waals surface area contributed by atoms with Gasteiger partial charge in [-0.15, -0.1) is 0 Å². The van der Waals surface area contributed by atoms with E-state index in [9.17, 15) is 5.11 Å². The zero-order valence-electron chi connectivity index (χ0n) is 9.59. The molecule has 0 saturated carbocycles. The molecule has 0 aromatic rings. The van der Waals surface area contributed by atoms with Crippen LogP contribution in [-0.2, 0) is 9.84 Å². The minimum Gasteiger partial charge on any atom is -0.381 e. The van der Waals surface area contributed by atoms with Crippen LogP contribution in [0.25, 0.3) is 0 Å². The van der Waals surface area contributed by atoms with E-state index in [4.69, 9.17) is 4.74 Å². The quantitative estimate of drug-likeness (QED) is 0.470.